The highest BCUT2D eigenvalue weighted by Crippen LogP contribution is 2.09. The van der Waals surface area contributed by atoms with Gasteiger partial charge in [0.2, 0.25) is 0 Å². The van der Waals surface area contributed by atoms with Crippen LogP contribution < -0.4 is 17.1 Å². The molecule has 1 heterocycles. The van der Waals surface area contributed by atoms with E-state index in [4.69, 9.17) is 14.2 Å². The maximum Gasteiger partial charge on any atom is 0.342 e. The molecule has 12 nitrogen and oxygen atoms in total. The van der Waals surface area contributed by atoms with Crippen LogP contribution in [0.15, 0.2) is 52.3 Å². The van der Waals surface area contributed by atoms with Crippen molar-refractivity contribution < 1.29 is 28.6 Å². The Balaban J connectivity index is 3.71. The topological polar surface area (TPSA) is 145 Å². The zero-order valence-electron chi connectivity index (χ0n) is 18.7. The maximum absolute atomic E-state index is 13.0. The van der Waals surface area contributed by atoms with E-state index < -0.39 is 53.7 Å². The summed E-state index contributed by atoms with van der Waals surface area (Å²) < 4.78 is 16.6. The molecule has 3 unspecified atom stereocenters. The van der Waals surface area contributed by atoms with E-state index in [1.54, 1.807) is 0 Å². The summed E-state index contributed by atoms with van der Waals surface area (Å²) in [6.45, 7) is 13.9. The quantitative estimate of drug-likeness (QED) is 0.251. The molecular weight excluding hydrogens is 438 g/mol. The average Bonchev–Trinajstić information content (AvgIpc) is 2.67. The van der Waals surface area contributed by atoms with E-state index >= 15 is 0 Å². The van der Waals surface area contributed by atoms with Crippen LogP contribution in [0.4, 0.5) is 0 Å². The van der Waals surface area contributed by atoms with Crippen molar-refractivity contribution in [3.63, 3.8) is 0 Å². The number of carbonyl (C=O) groups is 3. The minimum absolute atomic E-state index is 0.196. The second kappa shape index (κ2) is 12.2. The molecule has 0 amide bonds. The molecule has 0 radical (unpaired) electrons. The minimum Gasteiger partial charge on any atom is -0.441 e. The molecule has 0 saturated carbocycles. The van der Waals surface area contributed by atoms with E-state index in [2.05, 4.69) is 19.7 Å². The van der Waals surface area contributed by atoms with Crippen molar-refractivity contribution in [3.8, 4) is 0 Å². The Morgan fingerprint density at radius 2 is 0.848 bits per heavy atom. The van der Waals surface area contributed by atoms with Gasteiger partial charge in [-0.1, -0.05) is 18.2 Å². The van der Waals surface area contributed by atoms with Gasteiger partial charge < -0.3 is 14.2 Å². The summed E-state index contributed by atoms with van der Waals surface area (Å²) in [7, 11) is 0. The lowest BCUT2D eigenvalue weighted by atomic mass is 10.4. The molecule has 0 bridgehead atoms. The Kier molecular flexibility index (Phi) is 9.99. The van der Waals surface area contributed by atoms with Crippen LogP contribution in [0.3, 0.4) is 0 Å². The Hall–Kier alpha value is -3.96. The number of hydrogen-bond acceptors (Lipinski definition) is 9. The van der Waals surface area contributed by atoms with Gasteiger partial charge in [0.15, 0.2) is 18.7 Å². The minimum atomic E-state index is -1.46. The van der Waals surface area contributed by atoms with E-state index in [1.165, 1.54) is 39.0 Å². The first-order chi connectivity index (χ1) is 15.5. The van der Waals surface area contributed by atoms with Crippen molar-refractivity contribution >= 4 is 17.9 Å². The third kappa shape index (κ3) is 6.76. The van der Waals surface area contributed by atoms with Crippen LogP contribution in [0.25, 0.3) is 0 Å². The van der Waals surface area contributed by atoms with Crippen molar-refractivity contribution in [2.24, 2.45) is 0 Å². The fourth-order valence-corrected chi connectivity index (χ4v) is 2.75. The highest BCUT2D eigenvalue weighted by atomic mass is 16.6. The first-order valence-electron chi connectivity index (χ1n) is 9.90. The lowest BCUT2D eigenvalue weighted by Gasteiger charge is -2.23. The first-order valence-corrected chi connectivity index (χ1v) is 9.90. The number of esters is 3. The van der Waals surface area contributed by atoms with Crippen molar-refractivity contribution in [1.29, 1.82) is 0 Å². The molecule has 0 saturated heterocycles. The van der Waals surface area contributed by atoms with Crippen molar-refractivity contribution in [2.75, 3.05) is 0 Å². The third-order valence-corrected chi connectivity index (χ3v) is 4.17. The van der Waals surface area contributed by atoms with Gasteiger partial charge in [-0.25, -0.2) is 28.1 Å². The predicted octanol–water partition coefficient (Wildman–Crippen LogP) is 1.09. The largest absolute Gasteiger partial charge is 0.441 e. The maximum atomic E-state index is 13.0. The number of carbonyl (C=O) groups excluding carboxylic acids is 3. The van der Waals surface area contributed by atoms with Crippen LogP contribution in [0, 0.1) is 0 Å². The fourth-order valence-electron chi connectivity index (χ4n) is 2.75. The second-order valence-corrected chi connectivity index (χ2v) is 6.70. The standard InChI is InChI=1S/C21H27N3O9/c1-7-10-16(25)31-13(4)22-19(28)23(14(5)32-17(26)11-8-2)21(30)24(20(22)29)15(6)33-18(27)12-9-3/h7-9,13-15H,1-3,10-12H2,4-6H3. The Labute approximate surface area is 189 Å². The zero-order valence-corrected chi connectivity index (χ0v) is 18.7. The molecule has 0 fully saturated rings. The molecule has 3 atom stereocenters. The van der Waals surface area contributed by atoms with E-state index in [-0.39, 0.29) is 19.3 Å². The molecular formula is C21H27N3O9. The van der Waals surface area contributed by atoms with Gasteiger partial charge in [-0.3, -0.25) is 14.4 Å². The van der Waals surface area contributed by atoms with Gasteiger partial charge in [-0.2, -0.15) is 0 Å². The summed E-state index contributed by atoms with van der Waals surface area (Å²) in [4.78, 5) is 74.7. The summed E-state index contributed by atoms with van der Waals surface area (Å²) in [6.07, 6.45) is -1.17. The normalized spacial score (nSPS) is 13.2. The molecule has 0 spiro atoms. The predicted molar refractivity (Wildman–Crippen MR) is 116 cm³/mol. The van der Waals surface area contributed by atoms with Crippen molar-refractivity contribution in [3.05, 3.63) is 69.4 Å². The number of ether oxygens (including phenoxy) is 3. The number of rotatable bonds is 12. The van der Waals surface area contributed by atoms with Gasteiger partial charge in [0.1, 0.15) is 0 Å². The van der Waals surface area contributed by atoms with Crippen LogP contribution in [-0.2, 0) is 28.6 Å². The van der Waals surface area contributed by atoms with Crippen LogP contribution in [-0.4, -0.2) is 31.6 Å². The van der Waals surface area contributed by atoms with Crippen LogP contribution in [0.5, 0.6) is 0 Å². The van der Waals surface area contributed by atoms with Gasteiger partial charge in [0.05, 0.1) is 19.3 Å². The van der Waals surface area contributed by atoms with Crippen molar-refractivity contribution in [2.45, 2.75) is 58.7 Å². The lowest BCUT2D eigenvalue weighted by Crippen LogP contribution is -2.57. The molecule has 1 aromatic rings. The van der Waals surface area contributed by atoms with Gasteiger partial charge in [0.25, 0.3) is 0 Å². The number of aromatic nitrogens is 3. The lowest BCUT2D eigenvalue weighted by molar-refractivity contribution is -0.153. The molecule has 1 rings (SSSR count). The molecule has 33 heavy (non-hydrogen) atoms. The molecule has 0 N–H and O–H groups in total. The molecule has 0 aliphatic rings. The monoisotopic (exact) mass is 465 g/mol. The molecule has 0 aliphatic carbocycles. The zero-order chi connectivity index (χ0) is 25.3. The summed E-state index contributed by atoms with van der Waals surface area (Å²) in [5.74, 6) is -2.36. The molecule has 0 aromatic carbocycles. The van der Waals surface area contributed by atoms with Crippen LogP contribution in [0.1, 0.15) is 58.7 Å². The Morgan fingerprint density at radius 3 is 1.03 bits per heavy atom. The smallest absolute Gasteiger partial charge is 0.342 e. The summed E-state index contributed by atoms with van der Waals surface area (Å²) in [6, 6.07) is 0. The fraction of sp³-hybridized carbons (Fsp3) is 0.429. The highest BCUT2D eigenvalue weighted by molar-refractivity contribution is 5.71. The Morgan fingerprint density at radius 1 is 0.636 bits per heavy atom. The number of nitrogens with zero attached hydrogens (tertiary/aromatic N) is 3. The number of hydrogen-bond donors (Lipinski definition) is 0. The molecule has 1 aromatic heterocycles. The van der Waals surface area contributed by atoms with E-state index in [0.717, 1.165) is 0 Å². The van der Waals surface area contributed by atoms with E-state index in [1.807, 2.05) is 0 Å². The third-order valence-electron chi connectivity index (χ3n) is 4.17. The van der Waals surface area contributed by atoms with Crippen LogP contribution in [0.2, 0.25) is 0 Å². The SMILES string of the molecule is C=CCC(=O)OC(C)n1c(=O)n(C(C)OC(=O)CC=C)c(=O)n(C(C)OC(=O)CC=C)c1=O. The van der Waals surface area contributed by atoms with Gasteiger partial charge >= 0.3 is 35.0 Å². The second-order valence-electron chi connectivity index (χ2n) is 6.70. The molecule has 180 valence electrons. The van der Waals surface area contributed by atoms with E-state index in [0.29, 0.717) is 13.7 Å². The van der Waals surface area contributed by atoms with Gasteiger partial charge in [-0.05, 0) is 20.8 Å². The Bertz CT molecular complexity index is 941. The van der Waals surface area contributed by atoms with Crippen LogP contribution >= 0.6 is 0 Å². The van der Waals surface area contributed by atoms with Gasteiger partial charge in [-0.15, -0.1) is 19.7 Å². The van der Waals surface area contributed by atoms with Crippen molar-refractivity contribution in [1.82, 2.24) is 13.7 Å². The van der Waals surface area contributed by atoms with E-state index in [9.17, 15) is 28.8 Å². The molecule has 0 aliphatic heterocycles. The first kappa shape index (κ1) is 27.1. The summed E-state index contributed by atoms with van der Waals surface area (Å²) >= 11 is 0. The van der Waals surface area contributed by atoms with Gasteiger partial charge in [0, 0.05) is 0 Å². The average molecular weight is 465 g/mol. The summed E-state index contributed by atoms with van der Waals surface area (Å²) in [5.41, 5.74) is -3.61. The molecule has 12 heteroatoms. The highest BCUT2D eigenvalue weighted by Gasteiger charge is 2.28. The summed E-state index contributed by atoms with van der Waals surface area (Å²) in [5, 5.41) is 0.